The Labute approximate surface area is 102 Å². The monoisotopic (exact) mass is 236 g/mol. The van der Waals surface area contributed by atoms with Crippen molar-refractivity contribution in [3.63, 3.8) is 0 Å². The van der Waals surface area contributed by atoms with Crippen molar-refractivity contribution in [1.82, 2.24) is 9.97 Å². The third-order valence-electron chi connectivity index (χ3n) is 3.35. The first-order valence-corrected chi connectivity index (χ1v) is 6.05. The second-order valence-corrected chi connectivity index (χ2v) is 4.80. The van der Waals surface area contributed by atoms with Crippen molar-refractivity contribution in [3.8, 4) is 5.88 Å². The summed E-state index contributed by atoms with van der Waals surface area (Å²) in [4.78, 5) is 10.6. The molecular weight excluding hydrogens is 216 g/mol. The molecule has 2 N–H and O–H groups in total. The molecule has 1 fully saturated rings. The topological polar surface area (TPSA) is 64.3 Å². The van der Waals surface area contributed by atoms with Crippen LogP contribution in [0.5, 0.6) is 5.88 Å². The van der Waals surface area contributed by atoms with Gasteiger partial charge in [-0.2, -0.15) is 9.97 Å². The molecule has 1 aliphatic heterocycles. The zero-order valence-electron chi connectivity index (χ0n) is 10.7. The van der Waals surface area contributed by atoms with Crippen LogP contribution in [0, 0.1) is 5.92 Å². The van der Waals surface area contributed by atoms with E-state index in [0.29, 0.717) is 11.9 Å². The lowest BCUT2D eigenvalue weighted by molar-refractivity contribution is 0.373. The molecule has 17 heavy (non-hydrogen) atoms. The van der Waals surface area contributed by atoms with E-state index in [1.165, 1.54) is 12.8 Å². The molecule has 2 rings (SSSR count). The smallest absolute Gasteiger partial charge is 0.225 e. The SMILES string of the molecule is COc1cc(N2CCC(C)CC2C)nc(N)n1. The van der Waals surface area contributed by atoms with E-state index >= 15 is 0 Å². The largest absolute Gasteiger partial charge is 0.481 e. The van der Waals surface area contributed by atoms with E-state index in [2.05, 4.69) is 28.7 Å². The van der Waals surface area contributed by atoms with E-state index in [4.69, 9.17) is 10.5 Å². The minimum Gasteiger partial charge on any atom is -0.481 e. The number of nitrogens with zero attached hydrogens (tertiary/aromatic N) is 3. The summed E-state index contributed by atoms with van der Waals surface area (Å²) in [6, 6.07) is 2.33. The molecule has 0 radical (unpaired) electrons. The third kappa shape index (κ3) is 2.60. The van der Waals surface area contributed by atoms with Crippen molar-refractivity contribution in [2.45, 2.75) is 32.7 Å². The zero-order valence-corrected chi connectivity index (χ0v) is 10.7. The Morgan fingerprint density at radius 1 is 1.41 bits per heavy atom. The fraction of sp³-hybridized carbons (Fsp3) is 0.667. The van der Waals surface area contributed by atoms with Crippen LogP contribution >= 0.6 is 0 Å². The molecule has 2 heterocycles. The third-order valence-corrected chi connectivity index (χ3v) is 3.35. The Morgan fingerprint density at radius 3 is 2.82 bits per heavy atom. The lowest BCUT2D eigenvalue weighted by Gasteiger charge is -2.37. The second-order valence-electron chi connectivity index (χ2n) is 4.80. The van der Waals surface area contributed by atoms with Gasteiger partial charge in [0, 0.05) is 18.7 Å². The van der Waals surface area contributed by atoms with Crippen molar-refractivity contribution in [2.75, 3.05) is 24.3 Å². The summed E-state index contributed by atoms with van der Waals surface area (Å²) in [5.74, 6) is 2.44. The van der Waals surface area contributed by atoms with Gasteiger partial charge in [-0.25, -0.2) is 0 Å². The molecule has 2 atom stereocenters. The number of ether oxygens (including phenoxy) is 1. The predicted molar refractivity (Wildman–Crippen MR) is 68.2 cm³/mol. The van der Waals surface area contributed by atoms with E-state index in [1.807, 2.05) is 6.07 Å². The van der Waals surface area contributed by atoms with Crippen LogP contribution in [0.1, 0.15) is 26.7 Å². The average molecular weight is 236 g/mol. The molecule has 1 aliphatic rings. The van der Waals surface area contributed by atoms with Crippen LogP contribution in [0.25, 0.3) is 0 Å². The Hall–Kier alpha value is -1.52. The first-order chi connectivity index (χ1) is 8.10. The van der Waals surface area contributed by atoms with E-state index in [9.17, 15) is 0 Å². The summed E-state index contributed by atoms with van der Waals surface area (Å²) in [5, 5.41) is 0. The number of nitrogen functional groups attached to an aromatic ring is 1. The molecule has 0 aliphatic carbocycles. The van der Waals surface area contributed by atoms with Crippen molar-refractivity contribution in [2.24, 2.45) is 5.92 Å². The average Bonchev–Trinajstić information content (AvgIpc) is 2.28. The number of hydrogen-bond donors (Lipinski definition) is 1. The van der Waals surface area contributed by atoms with E-state index in [1.54, 1.807) is 7.11 Å². The van der Waals surface area contributed by atoms with Crippen LogP contribution < -0.4 is 15.4 Å². The zero-order chi connectivity index (χ0) is 12.4. The number of nitrogens with two attached hydrogens (primary N) is 1. The van der Waals surface area contributed by atoms with Crippen LogP contribution in [-0.2, 0) is 0 Å². The first kappa shape index (κ1) is 12.0. The molecule has 0 bridgehead atoms. The maximum atomic E-state index is 5.69. The van der Waals surface area contributed by atoms with Gasteiger partial charge < -0.3 is 15.4 Å². The van der Waals surface area contributed by atoms with Crippen LogP contribution in [0.4, 0.5) is 11.8 Å². The quantitative estimate of drug-likeness (QED) is 0.846. The van der Waals surface area contributed by atoms with E-state index in [-0.39, 0.29) is 5.95 Å². The van der Waals surface area contributed by atoms with Gasteiger partial charge in [0.1, 0.15) is 5.82 Å². The standard InChI is InChI=1S/C12H20N4O/c1-8-4-5-16(9(2)6-8)10-7-11(17-3)15-12(13)14-10/h7-9H,4-6H2,1-3H3,(H2,13,14,15). The summed E-state index contributed by atoms with van der Waals surface area (Å²) in [5.41, 5.74) is 5.69. The highest BCUT2D eigenvalue weighted by molar-refractivity contribution is 5.46. The second kappa shape index (κ2) is 4.77. The number of methoxy groups -OCH3 is 1. The molecule has 1 saturated heterocycles. The molecule has 0 spiro atoms. The van der Waals surface area contributed by atoms with Crippen molar-refractivity contribution in [3.05, 3.63) is 6.07 Å². The van der Waals surface area contributed by atoms with Gasteiger partial charge in [-0.05, 0) is 25.7 Å². The number of rotatable bonds is 2. The van der Waals surface area contributed by atoms with Gasteiger partial charge in [0.05, 0.1) is 7.11 Å². The van der Waals surface area contributed by atoms with Gasteiger partial charge in [-0.3, -0.25) is 0 Å². The molecule has 2 unspecified atom stereocenters. The highest BCUT2D eigenvalue weighted by Gasteiger charge is 2.24. The lowest BCUT2D eigenvalue weighted by atomic mass is 9.93. The van der Waals surface area contributed by atoms with E-state index in [0.717, 1.165) is 18.3 Å². The van der Waals surface area contributed by atoms with Crippen LogP contribution in [0.2, 0.25) is 0 Å². The molecule has 5 heteroatoms. The first-order valence-electron chi connectivity index (χ1n) is 6.05. The summed E-state index contributed by atoms with van der Waals surface area (Å²) in [7, 11) is 1.59. The Morgan fingerprint density at radius 2 is 2.18 bits per heavy atom. The number of anilines is 2. The van der Waals surface area contributed by atoms with Crippen molar-refractivity contribution >= 4 is 11.8 Å². The summed E-state index contributed by atoms with van der Waals surface area (Å²) in [6.45, 7) is 5.53. The van der Waals surface area contributed by atoms with Gasteiger partial charge >= 0.3 is 0 Å². The minimum absolute atomic E-state index is 0.269. The summed E-state index contributed by atoms with van der Waals surface area (Å²) in [6.07, 6.45) is 2.38. The molecule has 0 amide bonds. The molecule has 0 saturated carbocycles. The maximum Gasteiger partial charge on any atom is 0.225 e. The molecule has 1 aromatic rings. The molecule has 0 aromatic carbocycles. The Balaban J connectivity index is 2.24. The molecule has 5 nitrogen and oxygen atoms in total. The van der Waals surface area contributed by atoms with Gasteiger partial charge in [-0.1, -0.05) is 6.92 Å². The summed E-state index contributed by atoms with van der Waals surface area (Å²) < 4.78 is 5.13. The Bertz CT molecular complexity index is 396. The van der Waals surface area contributed by atoms with Gasteiger partial charge in [0.2, 0.25) is 11.8 Å². The molecule has 94 valence electrons. The maximum absolute atomic E-state index is 5.69. The normalized spacial score (nSPS) is 24.8. The lowest BCUT2D eigenvalue weighted by Crippen LogP contribution is -2.40. The van der Waals surface area contributed by atoms with E-state index < -0.39 is 0 Å². The minimum atomic E-state index is 0.269. The van der Waals surface area contributed by atoms with Crippen molar-refractivity contribution in [1.29, 1.82) is 0 Å². The van der Waals surface area contributed by atoms with Gasteiger partial charge in [0.25, 0.3) is 0 Å². The molecule has 1 aromatic heterocycles. The highest BCUT2D eigenvalue weighted by Crippen LogP contribution is 2.28. The fourth-order valence-corrected chi connectivity index (χ4v) is 2.43. The fourth-order valence-electron chi connectivity index (χ4n) is 2.43. The van der Waals surface area contributed by atoms with Crippen LogP contribution in [0.15, 0.2) is 6.07 Å². The highest BCUT2D eigenvalue weighted by atomic mass is 16.5. The number of hydrogen-bond acceptors (Lipinski definition) is 5. The predicted octanol–water partition coefficient (Wildman–Crippen LogP) is 1.69. The number of piperidine rings is 1. The van der Waals surface area contributed by atoms with Gasteiger partial charge in [-0.15, -0.1) is 0 Å². The van der Waals surface area contributed by atoms with Crippen LogP contribution in [0.3, 0.4) is 0 Å². The molecular formula is C12H20N4O. The summed E-state index contributed by atoms with van der Waals surface area (Å²) >= 11 is 0. The number of aromatic nitrogens is 2. The Kier molecular flexibility index (Phi) is 3.36. The van der Waals surface area contributed by atoms with Gasteiger partial charge in [0.15, 0.2) is 0 Å². The van der Waals surface area contributed by atoms with Crippen molar-refractivity contribution < 1.29 is 4.74 Å². The van der Waals surface area contributed by atoms with Crippen LogP contribution in [-0.4, -0.2) is 29.7 Å².